The normalized spacial score (nSPS) is 11.3. The molecule has 24 heavy (non-hydrogen) atoms. The van der Waals surface area contributed by atoms with Crippen molar-refractivity contribution in [3.05, 3.63) is 97.1 Å². The zero-order valence-electron chi connectivity index (χ0n) is 13.2. The lowest BCUT2D eigenvalue weighted by Crippen LogP contribution is -2.01. The largest absolute Gasteiger partial charge is 0.0622 e. The van der Waals surface area contributed by atoms with Crippen molar-refractivity contribution >= 4 is 0 Å². The second-order valence-electron chi connectivity index (χ2n) is 6.22. The van der Waals surface area contributed by atoms with Gasteiger partial charge in [-0.25, -0.2) is 0 Å². The van der Waals surface area contributed by atoms with Gasteiger partial charge in [0.25, 0.3) is 0 Å². The fraction of sp³-hybridized carbons (Fsp3) is 0. The molecule has 0 nitrogen and oxygen atoms in total. The van der Waals surface area contributed by atoms with Gasteiger partial charge in [0.15, 0.2) is 0 Å². The van der Waals surface area contributed by atoms with E-state index in [1.54, 1.807) is 0 Å². The highest BCUT2D eigenvalue weighted by Gasteiger charge is 2.25. The van der Waals surface area contributed by atoms with Crippen molar-refractivity contribution in [3.63, 3.8) is 0 Å². The summed E-state index contributed by atoms with van der Waals surface area (Å²) in [7, 11) is 0. The van der Waals surface area contributed by atoms with Crippen LogP contribution in [0.2, 0.25) is 0 Å². The van der Waals surface area contributed by atoms with E-state index < -0.39 is 0 Å². The Kier molecular flexibility index (Phi) is 2.89. The molecule has 0 spiro atoms. The fourth-order valence-electron chi connectivity index (χ4n) is 3.66. The first kappa shape index (κ1) is 13.3. The molecule has 0 heteroatoms. The van der Waals surface area contributed by atoms with Gasteiger partial charge < -0.3 is 0 Å². The van der Waals surface area contributed by atoms with Crippen molar-refractivity contribution in [3.8, 4) is 44.5 Å². The molecule has 0 aromatic heterocycles. The summed E-state index contributed by atoms with van der Waals surface area (Å²) in [5, 5.41) is 0. The van der Waals surface area contributed by atoms with Crippen molar-refractivity contribution in [2.45, 2.75) is 0 Å². The van der Waals surface area contributed by atoms with Crippen molar-refractivity contribution in [1.82, 2.24) is 0 Å². The molecular formula is C24H16. The third kappa shape index (κ3) is 1.93. The first-order valence-electron chi connectivity index (χ1n) is 8.30. The minimum Gasteiger partial charge on any atom is -0.0622 e. The smallest absolute Gasteiger partial charge is 0.00201 e. The highest BCUT2D eigenvalue weighted by molar-refractivity contribution is 6.09. The lowest BCUT2D eigenvalue weighted by molar-refractivity contribution is 1.50. The van der Waals surface area contributed by atoms with Gasteiger partial charge in [-0.1, -0.05) is 91.0 Å². The van der Waals surface area contributed by atoms with E-state index in [0.717, 1.165) is 0 Å². The van der Waals surface area contributed by atoms with E-state index in [0.29, 0.717) is 0 Å². The maximum absolute atomic E-state index is 2.33. The maximum atomic E-state index is 2.33. The number of fused-ring (bicyclic) bond motifs is 4. The number of benzene rings is 4. The van der Waals surface area contributed by atoms with Gasteiger partial charge in [-0.05, 0) is 50.6 Å². The molecule has 0 fully saturated rings. The zero-order chi connectivity index (χ0) is 15.9. The lowest BCUT2D eigenvalue weighted by Gasteiger charge is -2.27. The second-order valence-corrected chi connectivity index (χ2v) is 6.22. The van der Waals surface area contributed by atoms with Crippen LogP contribution in [0.15, 0.2) is 97.1 Å². The van der Waals surface area contributed by atoms with Crippen LogP contribution in [0.4, 0.5) is 0 Å². The van der Waals surface area contributed by atoms with Crippen LogP contribution in [-0.2, 0) is 0 Å². The Morgan fingerprint density at radius 3 is 1.75 bits per heavy atom. The Bertz CT molecular complexity index is 1030. The van der Waals surface area contributed by atoms with E-state index in [2.05, 4.69) is 97.1 Å². The highest BCUT2D eigenvalue weighted by Crippen LogP contribution is 2.52. The Morgan fingerprint density at radius 2 is 1.00 bits per heavy atom. The zero-order valence-corrected chi connectivity index (χ0v) is 13.2. The Morgan fingerprint density at radius 1 is 0.333 bits per heavy atom. The Balaban J connectivity index is 1.68. The van der Waals surface area contributed by atoms with E-state index in [1.165, 1.54) is 44.5 Å². The predicted molar refractivity (Wildman–Crippen MR) is 102 cm³/mol. The predicted octanol–water partition coefficient (Wildman–Crippen LogP) is 6.67. The summed E-state index contributed by atoms with van der Waals surface area (Å²) >= 11 is 0. The quantitative estimate of drug-likeness (QED) is 0.342. The van der Waals surface area contributed by atoms with Crippen molar-refractivity contribution in [2.24, 2.45) is 0 Å². The molecule has 0 saturated carbocycles. The van der Waals surface area contributed by atoms with Gasteiger partial charge in [0.05, 0.1) is 0 Å². The molecule has 0 bridgehead atoms. The summed E-state index contributed by atoms with van der Waals surface area (Å²) in [6.07, 6.45) is 0. The van der Waals surface area contributed by atoms with Gasteiger partial charge in [0, 0.05) is 0 Å². The second kappa shape index (κ2) is 5.21. The lowest BCUT2D eigenvalue weighted by atomic mass is 9.75. The van der Waals surface area contributed by atoms with Gasteiger partial charge >= 0.3 is 0 Å². The summed E-state index contributed by atoms with van der Waals surface area (Å²) in [6.45, 7) is 0. The molecule has 0 atom stereocenters. The standard InChI is InChI=1S/C24H16/c1-3-8-17(9-4-1)19-14-15-21-22-13-7-12-20(24(22)23(21)16-19)18-10-5-2-6-11-18/h1-16H. The van der Waals surface area contributed by atoms with Crippen LogP contribution in [0.3, 0.4) is 0 Å². The summed E-state index contributed by atoms with van der Waals surface area (Å²) in [4.78, 5) is 0. The summed E-state index contributed by atoms with van der Waals surface area (Å²) in [5.41, 5.74) is 10.6. The monoisotopic (exact) mass is 304 g/mol. The molecule has 0 aliphatic heterocycles. The van der Waals surface area contributed by atoms with Crippen molar-refractivity contribution < 1.29 is 0 Å². The molecule has 4 aromatic rings. The summed E-state index contributed by atoms with van der Waals surface area (Å²) in [6, 6.07) is 34.7. The molecule has 1 aliphatic carbocycles. The number of hydrogen-bond donors (Lipinski definition) is 0. The van der Waals surface area contributed by atoms with Gasteiger partial charge in [0.1, 0.15) is 0 Å². The topological polar surface area (TPSA) is 0 Å². The number of rotatable bonds is 2. The van der Waals surface area contributed by atoms with Crippen LogP contribution in [-0.4, -0.2) is 0 Å². The van der Waals surface area contributed by atoms with Crippen LogP contribution >= 0.6 is 0 Å². The molecule has 5 rings (SSSR count). The molecular weight excluding hydrogens is 288 g/mol. The first-order valence-corrected chi connectivity index (χ1v) is 8.30. The average molecular weight is 304 g/mol. The molecule has 0 amide bonds. The van der Waals surface area contributed by atoms with Crippen LogP contribution in [0, 0.1) is 0 Å². The molecule has 4 aromatic carbocycles. The SMILES string of the molecule is c1ccc(-c2ccc3c(c2)-c2c(-c4ccccc4)cccc2-3)cc1. The highest BCUT2D eigenvalue weighted by atomic mass is 14.3. The van der Waals surface area contributed by atoms with E-state index in [4.69, 9.17) is 0 Å². The molecule has 112 valence electrons. The third-order valence-electron chi connectivity index (χ3n) is 4.84. The Hall–Kier alpha value is -3.12. The molecule has 0 radical (unpaired) electrons. The molecule has 1 aliphatic rings. The van der Waals surface area contributed by atoms with E-state index in [1.807, 2.05) is 0 Å². The average Bonchev–Trinajstić information content (AvgIpc) is 2.66. The fourth-order valence-corrected chi connectivity index (χ4v) is 3.66. The minimum atomic E-state index is 1.27. The third-order valence-corrected chi connectivity index (χ3v) is 4.84. The van der Waals surface area contributed by atoms with Crippen LogP contribution in [0.5, 0.6) is 0 Å². The Labute approximate surface area is 142 Å². The molecule has 0 heterocycles. The minimum absolute atomic E-state index is 1.27. The van der Waals surface area contributed by atoms with Gasteiger partial charge in [-0.15, -0.1) is 0 Å². The van der Waals surface area contributed by atoms with Gasteiger partial charge in [-0.3, -0.25) is 0 Å². The summed E-state index contributed by atoms with van der Waals surface area (Å²) < 4.78 is 0. The van der Waals surface area contributed by atoms with Crippen LogP contribution in [0.1, 0.15) is 0 Å². The molecule has 0 saturated heterocycles. The van der Waals surface area contributed by atoms with Gasteiger partial charge in [0.2, 0.25) is 0 Å². The van der Waals surface area contributed by atoms with E-state index in [-0.39, 0.29) is 0 Å². The van der Waals surface area contributed by atoms with Crippen molar-refractivity contribution in [2.75, 3.05) is 0 Å². The van der Waals surface area contributed by atoms with Crippen LogP contribution in [0.25, 0.3) is 44.5 Å². The van der Waals surface area contributed by atoms with E-state index >= 15 is 0 Å². The maximum Gasteiger partial charge on any atom is -0.00201 e. The van der Waals surface area contributed by atoms with E-state index in [9.17, 15) is 0 Å². The van der Waals surface area contributed by atoms with Crippen LogP contribution < -0.4 is 0 Å². The first-order chi connectivity index (χ1) is 11.9. The molecule has 0 unspecified atom stereocenters. The summed E-state index contributed by atoms with van der Waals surface area (Å²) in [5.74, 6) is 0. The van der Waals surface area contributed by atoms with Gasteiger partial charge in [-0.2, -0.15) is 0 Å². The molecule has 0 N–H and O–H groups in total. The van der Waals surface area contributed by atoms with Crippen molar-refractivity contribution in [1.29, 1.82) is 0 Å². The number of hydrogen-bond acceptors (Lipinski definition) is 0.